The minimum absolute atomic E-state index is 0.0802. The van der Waals surface area contributed by atoms with Crippen molar-refractivity contribution in [2.45, 2.75) is 57.7 Å². The average molecular weight is 387 g/mol. The van der Waals surface area contributed by atoms with Gasteiger partial charge in [0.2, 0.25) is 0 Å². The summed E-state index contributed by atoms with van der Waals surface area (Å²) < 4.78 is 1.89. The molecule has 2 aromatic rings. The van der Waals surface area contributed by atoms with Crippen LogP contribution < -0.4 is 5.32 Å². The lowest BCUT2D eigenvalue weighted by Gasteiger charge is -2.28. The lowest BCUT2D eigenvalue weighted by atomic mass is 10.1. The fourth-order valence-corrected chi connectivity index (χ4v) is 4.40. The molecule has 3 heterocycles. The second-order valence-electron chi connectivity index (χ2n) is 8.58. The summed E-state index contributed by atoms with van der Waals surface area (Å²) in [5, 5.41) is 8.87. The van der Waals surface area contributed by atoms with E-state index in [1.165, 1.54) is 0 Å². The number of hydrogen-bond acceptors (Lipinski definition) is 3. The van der Waals surface area contributed by atoms with E-state index in [0.29, 0.717) is 22.3 Å². The Bertz CT molecular complexity index is 840. The lowest BCUT2D eigenvalue weighted by Crippen LogP contribution is -2.42. The summed E-state index contributed by atoms with van der Waals surface area (Å²) in [5.74, 6) is 0.0802. The van der Waals surface area contributed by atoms with Gasteiger partial charge in [-0.25, -0.2) is 0 Å². The minimum atomic E-state index is -0.214. The summed E-state index contributed by atoms with van der Waals surface area (Å²) in [5.41, 5.74) is 1.92. The maximum absolute atomic E-state index is 13.7. The van der Waals surface area contributed by atoms with Crippen molar-refractivity contribution in [3.63, 3.8) is 0 Å². The van der Waals surface area contributed by atoms with Crippen LogP contribution in [0.15, 0.2) is 30.5 Å². The standard InChI is InChI=1S/C21H27ClN4O/c1-21(2,3)25-13-17(19(24-25)16-6-4-5-7-18(16)22)20(27)26-14-8-9-15(26)12-23-11-10-14/h4-7,13-15,23H,8-12H2,1-3H3. The molecule has 1 aromatic carbocycles. The van der Waals surface area contributed by atoms with Crippen LogP contribution in [0.3, 0.4) is 0 Å². The van der Waals surface area contributed by atoms with Crippen LogP contribution in [0.1, 0.15) is 50.4 Å². The van der Waals surface area contributed by atoms with Gasteiger partial charge >= 0.3 is 0 Å². The molecule has 1 N–H and O–H groups in total. The smallest absolute Gasteiger partial charge is 0.258 e. The Morgan fingerprint density at radius 2 is 1.93 bits per heavy atom. The Morgan fingerprint density at radius 1 is 1.19 bits per heavy atom. The Kier molecular flexibility index (Phi) is 4.77. The van der Waals surface area contributed by atoms with E-state index in [2.05, 4.69) is 31.0 Å². The number of amides is 1. The van der Waals surface area contributed by atoms with Crippen molar-refractivity contribution in [1.29, 1.82) is 0 Å². The molecule has 0 radical (unpaired) electrons. The van der Waals surface area contributed by atoms with Crippen molar-refractivity contribution >= 4 is 17.5 Å². The third-order valence-electron chi connectivity index (χ3n) is 5.65. The molecular formula is C21H27ClN4O. The van der Waals surface area contributed by atoms with E-state index >= 15 is 0 Å². The van der Waals surface area contributed by atoms with E-state index < -0.39 is 0 Å². The van der Waals surface area contributed by atoms with Gasteiger partial charge in [-0.05, 0) is 52.6 Å². The van der Waals surface area contributed by atoms with Crippen LogP contribution in [0.4, 0.5) is 0 Å². The number of fused-ring (bicyclic) bond motifs is 2. The average Bonchev–Trinajstić information content (AvgIpc) is 3.15. The number of aromatic nitrogens is 2. The molecule has 0 aliphatic carbocycles. The van der Waals surface area contributed by atoms with Gasteiger partial charge in [0, 0.05) is 30.4 Å². The van der Waals surface area contributed by atoms with Crippen molar-refractivity contribution in [3.05, 3.63) is 41.0 Å². The van der Waals surface area contributed by atoms with E-state index in [-0.39, 0.29) is 17.5 Å². The molecule has 2 fully saturated rings. The largest absolute Gasteiger partial charge is 0.331 e. The van der Waals surface area contributed by atoms with Crippen molar-refractivity contribution in [3.8, 4) is 11.3 Å². The molecule has 2 bridgehead atoms. The van der Waals surface area contributed by atoms with Gasteiger partial charge in [-0.2, -0.15) is 5.10 Å². The molecule has 5 nitrogen and oxygen atoms in total. The van der Waals surface area contributed by atoms with Crippen LogP contribution in [0, 0.1) is 0 Å². The molecule has 2 aliphatic rings. The molecule has 0 saturated carbocycles. The number of hydrogen-bond donors (Lipinski definition) is 1. The maximum Gasteiger partial charge on any atom is 0.258 e. The normalized spacial score (nSPS) is 22.7. The van der Waals surface area contributed by atoms with Gasteiger partial charge < -0.3 is 10.2 Å². The third-order valence-corrected chi connectivity index (χ3v) is 5.98. The van der Waals surface area contributed by atoms with Crippen LogP contribution in [0.25, 0.3) is 11.3 Å². The Labute approximate surface area is 165 Å². The zero-order valence-electron chi connectivity index (χ0n) is 16.2. The van der Waals surface area contributed by atoms with Gasteiger partial charge in [0.1, 0.15) is 5.69 Å². The number of nitrogens with zero attached hydrogens (tertiary/aromatic N) is 3. The molecule has 0 spiro atoms. The van der Waals surface area contributed by atoms with Crippen molar-refractivity contribution in [2.75, 3.05) is 13.1 Å². The monoisotopic (exact) mass is 386 g/mol. The second-order valence-corrected chi connectivity index (χ2v) is 8.98. The molecule has 2 saturated heterocycles. The second kappa shape index (κ2) is 6.95. The van der Waals surface area contributed by atoms with E-state index in [9.17, 15) is 4.79 Å². The predicted molar refractivity (Wildman–Crippen MR) is 108 cm³/mol. The topological polar surface area (TPSA) is 50.2 Å². The summed E-state index contributed by atoms with van der Waals surface area (Å²) in [6.07, 6.45) is 5.07. The van der Waals surface area contributed by atoms with Crippen LogP contribution in [-0.2, 0) is 5.54 Å². The highest BCUT2D eigenvalue weighted by molar-refractivity contribution is 6.33. The Morgan fingerprint density at radius 3 is 2.67 bits per heavy atom. The molecule has 2 unspecified atom stereocenters. The molecule has 2 atom stereocenters. The third kappa shape index (κ3) is 3.39. The van der Waals surface area contributed by atoms with E-state index in [4.69, 9.17) is 16.7 Å². The molecule has 144 valence electrons. The van der Waals surface area contributed by atoms with E-state index in [0.717, 1.165) is 37.9 Å². The molecule has 6 heteroatoms. The van der Waals surface area contributed by atoms with Gasteiger partial charge in [-0.1, -0.05) is 29.8 Å². The number of rotatable bonds is 2. The zero-order chi connectivity index (χ0) is 19.2. The highest BCUT2D eigenvalue weighted by Crippen LogP contribution is 2.35. The number of nitrogens with one attached hydrogen (secondary N) is 1. The molecule has 4 rings (SSSR count). The van der Waals surface area contributed by atoms with Crippen LogP contribution >= 0.6 is 11.6 Å². The molecular weight excluding hydrogens is 360 g/mol. The first kappa shape index (κ1) is 18.5. The Balaban J connectivity index is 1.81. The quantitative estimate of drug-likeness (QED) is 0.850. The van der Waals surface area contributed by atoms with Crippen LogP contribution in [0.2, 0.25) is 5.02 Å². The molecule has 27 heavy (non-hydrogen) atoms. The lowest BCUT2D eigenvalue weighted by molar-refractivity contribution is 0.0681. The van der Waals surface area contributed by atoms with Crippen molar-refractivity contribution in [1.82, 2.24) is 20.0 Å². The maximum atomic E-state index is 13.7. The Hall–Kier alpha value is -1.85. The number of carbonyl (C=O) groups excluding carboxylic acids is 1. The van der Waals surface area contributed by atoms with Crippen LogP contribution in [-0.4, -0.2) is 45.8 Å². The highest BCUT2D eigenvalue weighted by Gasteiger charge is 2.40. The fraction of sp³-hybridized carbons (Fsp3) is 0.524. The van der Waals surface area contributed by atoms with Gasteiger partial charge in [0.15, 0.2) is 0 Å². The molecule has 1 amide bonds. The first-order valence-corrected chi connectivity index (χ1v) is 10.1. The fourth-order valence-electron chi connectivity index (χ4n) is 4.18. The molecule has 2 aliphatic heterocycles. The first-order chi connectivity index (χ1) is 12.9. The highest BCUT2D eigenvalue weighted by atomic mass is 35.5. The number of benzene rings is 1. The summed E-state index contributed by atoms with van der Waals surface area (Å²) in [6, 6.07) is 8.20. The van der Waals surface area contributed by atoms with E-state index in [1.54, 1.807) is 0 Å². The van der Waals surface area contributed by atoms with Gasteiger partial charge in [0.05, 0.1) is 16.1 Å². The van der Waals surface area contributed by atoms with Gasteiger partial charge in [-0.15, -0.1) is 0 Å². The first-order valence-electron chi connectivity index (χ1n) is 9.74. The summed E-state index contributed by atoms with van der Waals surface area (Å²) in [6.45, 7) is 8.11. The minimum Gasteiger partial charge on any atom is -0.331 e. The van der Waals surface area contributed by atoms with Crippen LogP contribution in [0.5, 0.6) is 0 Å². The van der Waals surface area contributed by atoms with Crippen molar-refractivity contribution in [2.24, 2.45) is 0 Å². The van der Waals surface area contributed by atoms with Gasteiger partial charge in [0.25, 0.3) is 5.91 Å². The van der Waals surface area contributed by atoms with E-state index in [1.807, 2.05) is 35.1 Å². The number of carbonyl (C=O) groups is 1. The number of halogens is 1. The van der Waals surface area contributed by atoms with Gasteiger partial charge in [-0.3, -0.25) is 9.48 Å². The SMILES string of the molecule is CC(C)(C)n1cc(C(=O)N2C3CCNCC2CC3)c(-c2ccccc2Cl)n1. The van der Waals surface area contributed by atoms with Crippen molar-refractivity contribution < 1.29 is 4.79 Å². The predicted octanol–water partition coefficient (Wildman–Crippen LogP) is 3.93. The summed E-state index contributed by atoms with van der Waals surface area (Å²) in [4.78, 5) is 15.8. The molecule has 1 aromatic heterocycles. The summed E-state index contributed by atoms with van der Waals surface area (Å²) >= 11 is 6.46. The zero-order valence-corrected chi connectivity index (χ0v) is 17.0. The summed E-state index contributed by atoms with van der Waals surface area (Å²) in [7, 11) is 0.